The van der Waals surface area contributed by atoms with Gasteiger partial charge in [0.25, 0.3) is 0 Å². The monoisotopic (exact) mass is 188 g/mol. The van der Waals surface area contributed by atoms with Crippen LogP contribution in [0.3, 0.4) is 0 Å². The molecule has 0 rings (SSSR count). The van der Waals surface area contributed by atoms with Crippen molar-refractivity contribution in [2.24, 2.45) is 0 Å². The van der Waals surface area contributed by atoms with Gasteiger partial charge in [-0.25, -0.2) is 0 Å². The van der Waals surface area contributed by atoms with Crippen molar-refractivity contribution >= 4 is 0 Å². The Morgan fingerprint density at radius 3 is 2.29 bits per heavy atom. The van der Waals surface area contributed by atoms with Crippen LogP contribution in [0, 0.1) is 0 Å². The Kier molecular flexibility index (Phi) is 8.88. The smallest absolute Gasteiger partial charge is 0.0313 e. The van der Waals surface area contributed by atoms with E-state index in [9.17, 15) is 0 Å². The highest BCUT2D eigenvalue weighted by atomic mass is 13.8. The van der Waals surface area contributed by atoms with Crippen LogP contribution in [0.1, 0.15) is 26.7 Å². The Morgan fingerprint density at radius 1 is 0.929 bits per heavy atom. The first-order valence-corrected chi connectivity index (χ1v) is 5.07. The number of hydrogen-bond donors (Lipinski definition) is 0. The Labute approximate surface area is 88.0 Å². The molecule has 0 atom stereocenters. The average Bonchev–Trinajstić information content (AvgIpc) is 2.18. The Hall–Kier alpha value is -1.30. The molecule has 0 fully saturated rings. The molecule has 0 spiro atoms. The van der Waals surface area contributed by atoms with Crippen LogP contribution in [-0.2, 0) is 0 Å². The molecule has 0 radical (unpaired) electrons. The van der Waals surface area contributed by atoms with E-state index in [0.29, 0.717) is 0 Å². The molecule has 0 aromatic carbocycles. The summed E-state index contributed by atoms with van der Waals surface area (Å²) in [6.45, 7) is 7.96. The Morgan fingerprint density at radius 2 is 1.64 bits per heavy atom. The number of hydrogen-bond acceptors (Lipinski definition) is 0. The lowest BCUT2D eigenvalue weighted by molar-refractivity contribution is 1.05. The highest BCUT2D eigenvalue weighted by molar-refractivity contribution is 5.29. The summed E-state index contributed by atoms with van der Waals surface area (Å²) in [5.74, 6) is 0. The third kappa shape index (κ3) is 8.79. The van der Waals surface area contributed by atoms with E-state index in [0.717, 1.165) is 18.4 Å². The maximum atomic E-state index is 3.92. The van der Waals surface area contributed by atoms with Crippen LogP contribution in [0.5, 0.6) is 0 Å². The van der Waals surface area contributed by atoms with Gasteiger partial charge in [-0.2, -0.15) is 0 Å². The van der Waals surface area contributed by atoms with E-state index < -0.39 is 0 Å². The van der Waals surface area contributed by atoms with Crippen molar-refractivity contribution in [3.8, 4) is 0 Å². The number of allylic oxidation sites excluding steroid dienone is 9. The third-order valence-corrected chi connectivity index (χ3v) is 1.68. The molecule has 0 aliphatic rings. The SMILES string of the molecule is C=C(/C=C\C=C/C)/C=C/CC/C=C\C. The van der Waals surface area contributed by atoms with E-state index in [-0.39, 0.29) is 0 Å². The van der Waals surface area contributed by atoms with E-state index in [1.54, 1.807) is 0 Å². The average molecular weight is 188 g/mol. The van der Waals surface area contributed by atoms with Crippen LogP contribution in [0.25, 0.3) is 0 Å². The van der Waals surface area contributed by atoms with Crippen LogP contribution in [0.15, 0.2) is 60.8 Å². The summed E-state index contributed by atoms with van der Waals surface area (Å²) in [6.07, 6.45) is 18.7. The van der Waals surface area contributed by atoms with Crippen molar-refractivity contribution in [1.82, 2.24) is 0 Å². The van der Waals surface area contributed by atoms with Gasteiger partial charge >= 0.3 is 0 Å². The Balaban J connectivity index is 3.71. The van der Waals surface area contributed by atoms with Gasteiger partial charge in [-0.1, -0.05) is 55.2 Å². The lowest BCUT2D eigenvalue weighted by Crippen LogP contribution is -1.68. The van der Waals surface area contributed by atoms with Gasteiger partial charge in [0.05, 0.1) is 0 Å². The summed E-state index contributed by atoms with van der Waals surface area (Å²) >= 11 is 0. The molecule has 0 aliphatic heterocycles. The molecule has 0 bridgehead atoms. The lowest BCUT2D eigenvalue weighted by Gasteiger charge is -1.88. The van der Waals surface area contributed by atoms with Gasteiger partial charge in [-0.3, -0.25) is 0 Å². The van der Waals surface area contributed by atoms with Crippen molar-refractivity contribution in [2.45, 2.75) is 26.7 Å². The molecule has 0 heteroatoms. The maximum Gasteiger partial charge on any atom is -0.0313 e. The zero-order valence-corrected chi connectivity index (χ0v) is 9.24. The van der Waals surface area contributed by atoms with Gasteiger partial charge in [0.2, 0.25) is 0 Å². The van der Waals surface area contributed by atoms with E-state index in [1.807, 2.05) is 38.2 Å². The van der Waals surface area contributed by atoms with Gasteiger partial charge in [0.15, 0.2) is 0 Å². The predicted molar refractivity (Wildman–Crippen MR) is 66.3 cm³/mol. The fourth-order valence-electron chi connectivity index (χ4n) is 0.940. The first-order valence-electron chi connectivity index (χ1n) is 5.07. The zero-order chi connectivity index (χ0) is 10.6. The summed E-state index contributed by atoms with van der Waals surface area (Å²) < 4.78 is 0. The van der Waals surface area contributed by atoms with Crippen molar-refractivity contribution in [1.29, 1.82) is 0 Å². The van der Waals surface area contributed by atoms with Crippen LogP contribution in [-0.4, -0.2) is 0 Å². The third-order valence-electron chi connectivity index (χ3n) is 1.68. The molecule has 0 heterocycles. The summed E-state index contributed by atoms with van der Waals surface area (Å²) in [6, 6.07) is 0. The molecule has 14 heavy (non-hydrogen) atoms. The zero-order valence-electron chi connectivity index (χ0n) is 9.24. The first-order chi connectivity index (χ1) is 6.81. The molecule has 0 unspecified atom stereocenters. The van der Waals surface area contributed by atoms with E-state index in [2.05, 4.69) is 30.9 Å². The molecule has 0 aromatic rings. The van der Waals surface area contributed by atoms with Gasteiger partial charge in [0.1, 0.15) is 0 Å². The predicted octanol–water partition coefficient (Wildman–Crippen LogP) is 4.59. The largest absolute Gasteiger partial charge is 0.0918 e. The molecule has 76 valence electrons. The Bertz CT molecular complexity index is 249. The quantitative estimate of drug-likeness (QED) is 0.325. The van der Waals surface area contributed by atoms with Crippen molar-refractivity contribution in [3.05, 3.63) is 60.8 Å². The molecule has 0 saturated heterocycles. The molecular formula is C14H20. The maximum absolute atomic E-state index is 3.92. The highest BCUT2D eigenvalue weighted by Gasteiger charge is 1.79. The summed E-state index contributed by atoms with van der Waals surface area (Å²) in [7, 11) is 0. The van der Waals surface area contributed by atoms with Crippen LogP contribution in [0.4, 0.5) is 0 Å². The topological polar surface area (TPSA) is 0 Å². The van der Waals surface area contributed by atoms with Gasteiger partial charge in [0, 0.05) is 0 Å². The van der Waals surface area contributed by atoms with E-state index >= 15 is 0 Å². The molecule has 0 amide bonds. The number of unbranched alkanes of at least 4 members (excludes halogenated alkanes) is 1. The minimum atomic E-state index is 1.04. The summed E-state index contributed by atoms with van der Waals surface area (Å²) in [5, 5.41) is 0. The van der Waals surface area contributed by atoms with Crippen LogP contribution < -0.4 is 0 Å². The van der Waals surface area contributed by atoms with Crippen molar-refractivity contribution in [3.63, 3.8) is 0 Å². The molecule has 0 nitrogen and oxygen atoms in total. The molecular weight excluding hydrogens is 168 g/mol. The van der Waals surface area contributed by atoms with Crippen LogP contribution in [0.2, 0.25) is 0 Å². The first kappa shape index (κ1) is 12.7. The van der Waals surface area contributed by atoms with Gasteiger partial charge in [-0.05, 0) is 32.3 Å². The van der Waals surface area contributed by atoms with E-state index in [1.165, 1.54) is 0 Å². The molecule has 0 aliphatic carbocycles. The fraction of sp³-hybridized carbons (Fsp3) is 0.286. The summed E-state index contributed by atoms with van der Waals surface area (Å²) in [5.41, 5.74) is 1.04. The van der Waals surface area contributed by atoms with Gasteiger partial charge < -0.3 is 0 Å². The minimum absolute atomic E-state index is 1.04. The standard InChI is InChI=1S/C14H20/c1-4-6-8-9-11-13-14(3)12-10-7-5-2/h4-7,10-13H,3,8-9H2,1-2H3/b6-4-,7-5-,12-10-,13-11+. The second kappa shape index (κ2) is 9.79. The van der Waals surface area contributed by atoms with Crippen molar-refractivity contribution in [2.75, 3.05) is 0 Å². The second-order valence-electron chi connectivity index (χ2n) is 3.01. The summed E-state index contributed by atoms with van der Waals surface area (Å²) in [4.78, 5) is 0. The minimum Gasteiger partial charge on any atom is -0.0918 e. The normalized spacial score (nSPS) is 12.7. The fourth-order valence-corrected chi connectivity index (χ4v) is 0.940. The van der Waals surface area contributed by atoms with Crippen molar-refractivity contribution < 1.29 is 0 Å². The second-order valence-corrected chi connectivity index (χ2v) is 3.01. The van der Waals surface area contributed by atoms with Crippen LogP contribution >= 0.6 is 0 Å². The highest BCUT2D eigenvalue weighted by Crippen LogP contribution is 1.99. The van der Waals surface area contributed by atoms with Gasteiger partial charge in [-0.15, -0.1) is 0 Å². The lowest BCUT2D eigenvalue weighted by atomic mass is 10.2. The molecule has 0 saturated carbocycles. The molecule has 0 aromatic heterocycles. The number of rotatable bonds is 6. The molecule has 0 N–H and O–H groups in total. The van der Waals surface area contributed by atoms with E-state index in [4.69, 9.17) is 0 Å².